The lowest BCUT2D eigenvalue weighted by atomic mass is 9.92. The van der Waals surface area contributed by atoms with E-state index in [0.717, 1.165) is 25.1 Å². The van der Waals surface area contributed by atoms with E-state index in [0.29, 0.717) is 19.5 Å². The number of esters is 1. The first kappa shape index (κ1) is 32.3. The first-order valence-electron chi connectivity index (χ1n) is 13.6. The van der Waals surface area contributed by atoms with Crippen molar-refractivity contribution in [2.24, 2.45) is 11.8 Å². The van der Waals surface area contributed by atoms with Crippen LogP contribution in [0.5, 0.6) is 0 Å². The molecule has 0 aromatic heterocycles. The molecule has 0 aromatic rings. The van der Waals surface area contributed by atoms with Crippen LogP contribution in [0.2, 0.25) is 18.1 Å². The van der Waals surface area contributed by atoms with E-state index in [1.807, 2.05) is 30.1 Å². The number of likely N-dealkylation sites (N-methyl/N-ethyl adjacent to an activating group) is 1. The number of nitrogens with zero attached hydrogens (tertiary/aromatic N) is 2. The quantitative estimate of drug-likeness (QED) is 0.152. The molecular formula is C28H49IN2O5Si. The highest BCUT2D eigenvalue weighted by atomic mass is 127. The number of ether oxygens (including phenoxy) is 2. The summed E-state index contributed by atoms with van der Waals surface area (Å²) in [4.78, 5) is 30.2. The summed E-state index contributed by atoms with van der Waals surface area (Å²) in [6, 6.07) is 0. The van der Waals surface area contributed by atoms with E-state index < -0.39 is 8.32 Å². The Hall–Kier alpha value is -0.913. The van der Waals surface area contributed by atoms with E-state index in [1.54, 1.807) is 4.90 Å². The zero-order valence-electron chi connectivity index (χ0n) is 24.4. The molecule has 1 saturated heterocycles. The van der Waals surface area contributed by atoms with E-state index in [4.69, 9.17) is 13.9 Å². The van der Waals surface area contributed by atoms with Crippen molar-refractivity contribution < 1.29 is 23.5 Å². The molecule has 7 nitrogen and oxygen atoms in total. The first-order chi connectivity index (χ1) is 17.1. The van der Waals surface area contributed by atoms with Crippen molar-refractivity contribution in [2.75, 3.05) is 33.2 Å². The van der Waals surface area contributed by atoms with Gasteiger partial charge in [0.2, 0.25) is 0 Å². The van der Waals surface area contributed by atoms with E-state index >= 15 is 0 Å². The molecule has 2 rings (SSSR count). The maximum atomic E-state index is 13.1. The Morgan fingerprint density at radius 1 is 1.14 bits per heavy atom. The van der Waals surface area contributed by atoms with Crippen LogP contribution in [0.15, 0.2) is 21.8 Å². The second-order valence-electron chi connectivity index (χ2n) is 12.4. The predicted octanol–water partition coefficient (Wildman–Crippen LogP) is 6.39. The fraction of sp³-hybridized carbons (Fsp3) is 0.786. The number of cyclic esters (lactones) is 1. The van der Waals surface area contributed by atoms with Gasteiger partial charge in [-0.3, -0.25) is 4.79 Å². The summed E-state index contributed by atoms with van der Waals surface area (Å²) in [5, 5.41) is 0.0348. The highest BCUT2D eigenvalue weighted by Gasteiger charge is 2.40. The molecule has 1 fully saturated rings. The molecule has 2 heterocycles. The van der Waals surface area contributed by atoms with Crippen LogP contribution in [0.25, 0.3) is 0 Å². The number of halogens is 1. The number of carbonyl (C=O) groups is 2. The topological polar surface area (TPSA) is 68.3 Å². The lowest BCUT2D eigenvalue weighted by molar-refractivity contribution is -0.150. The van der Waals surface area contributed by atoms with Crippen molar-refractivity contribution in [3.8, 4) is 0 Å². The number of rotatable bonds is 4. The van der Waals surface area contributed by atoms with Crippen LogP contribution in [0, 0.1) is 11.8 Å². The van der Waals surface area contributed by atoms with Gasteiger partial charge >= 0.3 is 12.1 Å². The van der Waals surface area contributed by atoms with Gasteiger partial charge in [-0.15, -0.1) is 0 Å². The molecular weight excluding hydrogens is 599 g/mol. The van der Waals surface area contributed by atoms with Gasteiger partial charge < -0.3 is 23.7 Å². The van der Waals surface area contributed by atoms with Gasteiger partial charge in [0.05, 0.1) is 12.5 Å². The summed E-state index contributed by atoms with van der Waals surface area (Å²) >= 11 is 2.19. The standard InChI is InChI=1S/C28H49IN2O5Si/c1-20-10-12-23(36-37(8,9)28(4,5)6)18-25(32)35-26(22(3)19-29)21(2)11-13-24(20)34-27(33)31-16-14-30(7)15-17-31/h11,13,19-21,23-24,26H,10,12,14-18H2,1-9H3/b13-11+,22-19+/t20-,21-,23+,24-,26-/m0/s1. The van der Waals surface area contributed by atoms with Crippen LogP contribution in [0.4, 0.5) is 4.79 Å². The van der Waals surface area contributed by atoms with Crippen LogP contribution in [-0.2, 0) is 18.7 Å². The fourth-order valence-electron chi connectivity index (χ4n) is 4.37. The second-order valence-corrected chi connectivity index (χ2v) is 17.8. The summed E-state index contributed by atoms with van der Waals surface area (Å²) in [5.74, 6) is -0.204. The van der Waals surface area contributed by atoms with Crippen LogP contribution in [-0.4, -0.2) is 81.7 Å². The second kappa shape index (κ2) is 13.9. The minimum Gasteiger partial charge on any atom is -0.457 e. The summed E-state index contributed by atoms with van der Waals surface area (Å²) in [6.07, 6.45) is 4.53. The fourth-order valence-corrected chi connectivity index (χ4v) is 6.12. The van der Waals surface area contributed by atoms with Gasteiger partial charge in [0, 0.05) is 32.1 Å². The third-order valence-corrected chi connectivity index (χ3v) is 13.6. The lowest BCUT2D eigenvalue weighted by Gasteiger charge is -2.39. The Kier molecular flexibility index (Phi) is 12.2. The average molecular weight is 649 g/mol. The molecule has 37 heavy (non-hydrogen) atoms. The first-order valence-corrected chi connectivity index (χ1v) is 17.8. The van der Waals surface area contributed by atoms with Crippen LogP contribution >= 0.6 is 22.6 Å². The molecule has 0 N–H and O–H groups in total. The molecule has 2 aliphatic rings. The van der Waals surface area contributed by atoms with Gasteiger partial charge in [0.15, 0.2) is 8.32 Å². The summed E-state index contributed by atoms with van der Waals surface area (Å²) in [5.41, 5.74) is 0.990. The molecule has 0 radical (unpaired) electrons. The van der Waals surface area contributed by atoms with Crippen molar-refractivity contribution >= 4 is 43.0 Å². The Labute approximate surface area is 239 Å². The lowest BCUT2D eigenvalue weighted by Crippen LogP contribution is -2.48. The highest BCUT2D eigenvalue weighted by Crippen LogP contribution is 2.38. The van der Waals surface area contributed by atoms with Crippen molar-refractivity contribution in [3.05, 3.63) is 21.8 Å². The van der Waals surface area contributed by atoms with Crippen molar-refractivity contribution in [1.29, 1.82) is 0 Å². The van der Waals surface area contributed by atoms with Crippen molar-refractivity contribution in [1.82, 2.24) is 9.80 Å². The highest BCUT2D eigenvalue weighted by molar-refractivity contribution is 14.1. The maximum absolute atomic E-state index is 13.1. The van der Waals surface area contributed by atoms with Crippen LogP contribution in [0.1, 0.15) is 60.8 Å². The Bertz CT molecular complexity index is 833. The summed E-state index contributed by atoms with van der Waals surface area (Å²) in [6.45, 7) is 20.3. The predicted molar refractivity (Wildman–Crippen MR) is 160 cm³/mol. The Balaban J connectivity index is 2.31. The van der Waals surface area contributed by atoms with E-state index in [2.05, 4.69) is 75.3 Å². The number of hydrogen-bond donors (Lipinski definition) is 0. The smallest absolute Gasteiger partial charge is 0.410 e. The monoisotopic (exact) mass is 648 g/mol. The van der Waals surface area contributed by atoms with Crippen molar-refractivity contribution in [2.45, 2.75) is 97.2 Å². The third kappa shape index (κ3) is 9.65. The summed E-state index contributed by atoms with van der Waals surface area (Å²) in [7, 11) is -0.0264. The van der Waals surface area contributed by atoms with E-state index in [1.165, 1.54) is 0 Å². The van der Waals surface area contributed by atoms with Gasteiger partial charge in [0.25, 0.3) is 0 Å². The largest absolute Gasteiger partial charge is 0.457 e. The molecule has 9 heteroatoms. The minimum absolute atomic E-state index is 0.0348. The Morgan fingerprint density at radius 3 is 2.32 bits per heavy atom. The zero-order chi connectivity index (χ0) is 28.0. The molecule has 0 unspecified atom stereocenters. The molecule has 2 aliphatic heterocycles. The van der Waals surface area contributed by atoms with Gasteiger partial charge in [-0.1, -0.05) is 63.3 Å². The molecule has 1 amide bonds. The molecule has 0 spiro atoms. The van der Waals surface area contributed by atoms with Crippen LogP contribution < -0.4 is 0 Å². The van der Waals surface area contributed by atoms with E-state index in [9.17, 15) is 9.59 Å². The summed E-state index contributed by atoms with van der Waals surface area (Å²) < 4.78 is 20.8. The van der Waals surface area contributed by atoms with Gasteiger partial charge in [-0.25, -0.2) is 4.79 Å². The zero-order valence-corrected chi connectivity index (χ0v) is 27.5. The van der Waals surface area contributed by atoms with Crippen LogP contribution in [0.3, 0.4) is 0 Å². The minimum atomic E-state index is -2.10. The molecule has 0 bridgehead atoms. The normalized spacial score (nSPS) is 30.6. The van der Waals surface area contributed by atoms with Crippen molar-refractivity contribution in [3.63, 3.8) is 0 Å². The molecule has 0 saturated carbocycles. The SMILES string of the molecule is C/C(=C\I)[C@H]1OC(=O)C[C@H](O[Si](C)(C)C(C)(C)C)CC[C@H](C)[C@@H](OC(=O)N2CCN(C)CC2)/C=C/[C@@H]1C. The Morgan fingerprint density at radius 2 is 1.76 bits per heavy atom. The van der Waals surface area contributed by atoms with E-state index in [-0.39, 0.29) is 53.7 Å². The van der Waals surface area contributed by atoms with Gasteiger partial charge in [0.1, 0.15) is 12.2 Å². The third-order valence-electron chi connectivity index (χ3n) is 8.13. The molecule has 0 aromatic carbocycles. The number of amides is 1. The molecule has 5 atom stereocenters. The number of hydrogen-bond acceptors (Lipinski definition) is 6. The number of piperazine rings is 1. The maximum Gasteiger partial charge on any atom is 0.410 e. The molecule has 212 valence electrons. The molecule has 0 aliphatic carbocycles. The average Bonchev–Trinajstić information content (AvgIpc) is 2.81. The van der Waals surface area contributed by atoms with Gasteiger partial charge in [-0.05, 0) is 66.6 Å². The number of carbonyl (C=O) groups excluding carboxylic acids is 2. The van der Waals surface area contributed by atoms with Gasteiger partial charge in [-0.2, -0.15) is 0 Å².